The van der Waals surface area contributed by atoms with Gasteiger partial charge in [-0.2, -0.15) is 5.10 Å². The monoisotopic (exact) mass is 342 g/mol. The molecule has 24 heavy (non-hydrogen) atoms. The molecule has 3 heterocycles. The summed E-state index contributed by atoms with van der Waals surface area (Å²) in [5.74, 6) is 0.694. The quantitative estimate of drug-likeness (QED) is 0.715. The van der Waals surface area contributed by atoms with E-state index in [1.165, 1.54) is 5.69 Å². The minimum absolute atomic E-state index is 0.360. The maximum Gasteiger partial charge on any atom is 0.188 e. The number of hydrogen-bond donors (Lipinski definition) is 1. The Morgan fingerprint density at radius 1 is 1.25 bits per heavy atom. The van der Waals surface area contributed by atoms with Crippen LogP contribution in [0.2, 0.25) is 0 Å². The first-order valence-electron chi connectivity index (χ1n) is 8.08. The Labute approximate surface area is 146 Å². The molecule has 0 radical (unpaired) electrons. The highest BCUT2D eigenvalue weighted by Crippen LogP contribution is 2.19. The first kappa shape index (κ1) is 16.7. The van der Waals surface area contributed by atoms with Crippen molar-refractivity contribution in [1.82, 2.24) is 30.0 Å². The molecular formula is C17H22N6S. The summed E-state index contributed by atoms with van der Waals surface area (Å²) in [5.41, 5.74) is 3.35. The van der Waals surface area contributed by atoms with E-state index in [-0.39, 0.29) is 0 Å². The first-order chi connectivity index (χ1) is 11.6. The molecule has 0 aliphatic carbocycles. The molecule has 0 spiro atoms. The van der Waals surface area contributed by atoms with Crippen LogP contribution in [0, 0.1) is 13.8 Å². The number of hydrogen-bond acceptors (Lipinski definition) is 6. The predicted octanol–water partition coefficient (Wildman–Crippen LogP) is 2.63. The minimum Gasteiger partial charge on any atom is -0.312 e. The zero-order valence-corrected chi connectivity index (χ0v) is 15.0. The van der Waals surface area contributed by atoms with E-state index in [0.717, 1.165) is 35.9 Å². The molecule has 3 aromatic rings. The Morgan fingerprint density at radius 3 is 2.75 bits per heavy atom. The van der Waals surface area contributed by atoms with E-state index in [2.05, 4.69) is 55.3 Å². The Morgan fingerprint density at radius 2 is 2.04 bits per heavy atom. The molecule has 3 rings (SSSR count). The van der Waals surface area contributed by atoms with E-state index in [0.29, 0.717) is 11.9 Å². The summed E-state index contributed by atoms with van der Waals surface area (Å²) >= 11 is 1.59. The standard InChI is InChI=1S/C17H22N6S/c1-12-9-14(3)23(22-12)10-13(2)18-8-5-15-11-24-17(21-15)16-19-6-4-7-20-16/h4,6-7,9,11,13,18H,5,8,10H2,1-3H3/t13-/m0/s1. The molecule has 0 bridgehead atoms. The molecule has 1 N–H and O–H groups in total. The number of aryl methyl sites for hydroxylation is 2. The topological polar surface area (TPSA) is 68.5 Å². The van der Waals surface area contributed by atoms with Crippen LogP contribution in [0.1, 0.15) is 24.0 Å². The van der Waals surface area contributed by atoms with E-state index < -0.39 is 0 Å². The number of rotatable bonds is 7. The molecular weight excluding hydrogens is 320 g/mol. The van der Waals surface area contributed by atoms with Crippen molar-refractivity contribution in [3.8, 4) is 10.8 Å². The average Bonchev–Trinajstić information content (AvgIpc) is 3.15. The maximum atomic E-state index is 4.61. The summed E-state index contributed by atoms with van der Waals surface area (Å²) in [6, 6.07) is 4.28. The van der Waals surface area contributed by atoms with Gasteiger partial charge in [-0.25, -0.2) is 15.0 Å². The fraction of sp³-hybridized carbons (Fsp3) is 0.412. The molecule has 0 aliphatic rings. The number of nitrogens with one attached hydrogen (secondary N) is 1. The third-order valence-corrected chi connectivity index (χ3v) is 4.62. The molecule has 0 aromatic carbocycles. The van der Waals surface area contributed by atoms with Crippen molar-refractivity contribution in [1.29, 1.82) is 0 Å². The van der Waals surface area contributed by atoms with Crippen LogP contribution >= 0.6 is 11.3 Å². The summed E-state index contributed by atoms with van der Waals surface area (Å²) in [6.45, 7) is 8.06. The van der Waals surface area contributed by atoms with Gasteiger partial charge in [0.25, 0.3) is 0 Å². The van der Waals surface area contributed by atoms with Crippen molar-refractivity contribution < 1.29 is 0 Å². The zero-order chi connectivity index (χ0) is 16.9. The zero-order valence-electron chi connectivity index (χ0n) is 14.2. The van der Waals surface area contributed by atoms with Crippen LogP contribution in [0.5, 0.6) is 0 Å². The van der Waals surface area contributed by atoms with E-state index in [9.17, 15) is 0 Å². The SMILES string of the molecule is Cc1cc(C)n(C[C@H](C)NCCc2csc(-c3ncccn3)n2)n1. The Hall–Kier alpha value is -2.12. The van der Waals surface area contributed by atoms with Crippen LogP contribution in [-0.2, 0) is 13.0 Å². The van der Waals surface area contributed by atoms with Gasteiger partial charge >= 0.3 is 0 Å². The largest absolute Gasteiger partial charge is 0.312 e. The molecule has 3 aromatic heterocycles. The molecule has 0 aliphatic heterocycles. The lowest BCUT2D eigenvalue weighted by Gasteiger charge is -2.14. The van der Waals surface area contributed by atoms with E-state index >= 15 is 0 Å². The van der Waals surface area contributed by atoms with Gasteiger partial charge in [0.2, 0.25) is 0 Å². The predicted molar refractivity (Wildman–Crippen MR) is 96.0 cm³/mol. The van der Waals surface area contributed by atoms with Crippen LogP contribution in [0.25, 0.3) is 10.8 Å². The average molecular weight is 342 g/mol. The van der Waals surface area contributed by atoms with Gasteiger partial charge in [0.05, 0.1) is 17.9 Å². The second-order valence-corrected chi connectivity index (χ2v) is 6.79. The molecule has 0 saturated carbocycles. The van der Waals surface area contributed by atoms with E-state index in [1.807, 2.05) is 13.0 Å². The third kappa shape index (κ3) is 4.24. The molecule has 6 nitrogen and oxygen atoms in total. The summed E-state index contributed by atoms with van der Waals surface area (Å²) in [6.07, 6.45) is 4.38. The second kappa shape index (κ2) is 7.63. The molecule has 7 heteroatoms. The molecule has 0 amide bonds. The van der Waals surface area contributed by atoms with Gasteiger partial charge in [-0.15, -0.1) is 11.3 Å². The minimum atomic E-state index is 0.360. The van der Waals surface area contributed by atoms with Gasteiger partial charge in [0.1, 0.15) is 0 Å². The summed E-state index contributed by atoms with van der Waals surface area (Å²) in [7, 11) is 0. The van der Waals surface area contributed by atoms with Crippen LogP contribution in [-0.4, -0.2) is 37.3 Å². The summed E-state index contributed by atoms with van der Waals surface area (Å²) in [5, 5.41) is 11.0. The maximum absolute atomic E-state index is 4.61. The van der Waals surface area contributed by atoms with Gasteiger partial charge in [0.15, 0.2) is 10.8 Å². The lowest BCUT2D eigenvalue weighted by atomic mass is 10.3. The molecule has 126 valence electrons. The smallest absolute Gasteiger partial charge is 0.188 e. The lowest BCUT2D eigenvalue weighted by Crippen LogP contribution is -2.32. The lowest BCUT2D eigenvalue weighted by molar-refractivity contribution is 0.446. The Bertz CT molecular complexity index is 779. The fourth-order valence-corrected chi connectivity index (χ4v) is 3.36. The molecule has 1 atom stereocenters. The van der Waals surface area contributed by atoms with Crippen molar-refractivity contribution in [2.45, 2.75) is 39.8 Å². The molecule has 0 saturated heterocycles. The fourth-order valence-electron chi connectivity index (χ4n) is 2.56. The number of aromatic nitrogens is 5. The van der Waals surface area contributed by atoms with E-state index in [4.69, 9.17) is 0 Å². The second-order valence-electron chi connectivity index (χ2n) is 5.93. The van der Waals surface area contributed by atoms with Crippen LogP contribution in [0.4, 0.5) is 0 Å². The highest BCUT2D eigenvalue weighted by atomic mass is 32.1. The summed E-state index contributed by atoms with van der Waals surface area (Å²) in [4.78, 5) is 13.1. The van der Waals surface area contributed by atoms with Gasteiger partial charge in [-0.1, -0.05) is 0 Å². The van der Waals surface area contributed by atoms with Crippen LogP contribution in [0.3, 0.4) is 0 Å². The van der Waals surface area contributed by atoms with Gasteiger partial charge in [-0.3, -0.25) is 4.68 Å². The third-order valence-electron chi connectivity index (χ3n) is 3.73. The number of thiazole rings is 1. The normalized spacial score (nSPS) is 12.5. The van der Waals surface area contributed by atoms with Crippen LogP contribution in [0.15, 0.2) is 29.9 Å². The van der Waals surface area contributed by atoms with Crippen molar-refractivity contribution in [3.63, 3.8) is 0 Å². The van der Waals surface area contributed by atoms with Gasteiger partial charge < -0.3 is 5.32 Å². The Kier molecular flexibility index (Phi) is 5.32. The van der Waals surface area contributed by atoms with E-state index in [1.54, 1.807) is 23.7 Å². The number of nitrogens with zero attached hydrogens (tertiary/aromatic N) is 5. The Balaban J connectivity index is 1.48. The molecule has 0 fully saturated rings. The van der Waals surface area contributed by atoms with Crippen molar-refractivity contribution in [2.24, 2.45) is 0 Å². The first-order valence-corrected chi connectivity index (χ1v) is 8.96. The molecule has 0 unspecified atom stereocenters. The highest BCUT2D eigenvalue weighted by Gasteiger charge is 2.09. The van der Waals surface area contributed by atoms with Crippen molar-refractivity contribution >= 4 is 11.3 Å². The van der Waals surface area contributed by atoms with Gasteiger partial charge in [0, 0.05) is 42.5 Å². The van der Waals surface area contributed by atoms with Crippen LogP contribution < -0.4 is 5.32 Å². The summed E-state index contributed by atoms with van der Waals surface area (Å²) < 4.78 is 2.06. The van der Waals surface area contributed by atoms with Crippen molar-refractivity contribution in [3.05, 3.63) is 47.0 Å². The van der Waals surface area contributed by atoms with Crippen molar-refractivity contribution in [2.75, 3.05) is 6.54 Å². The van der Waals surface area contributed by atoms with Gasteiger partial charge in [-0.05, 0) is 32.9 Å². The highest BCUT2D eigenvalue weighted by molar-refractivity contribution is 7.13.